The molecule has 1 fully saturated rings. The lowest BCUT2D eigenvalue weighted by atomic mass is 9.91. The van der Waals surface area contributed by atoms with Crippen molar-refractivity contribution in [3.63, 3.8) is 0 Å². The van der Waals surface area contributed by atoms with E-state index in [2.05, 4.69) is 38.4 Å². The first kappa shape index (κ1) is 22.7. The van der Waals surface area contributed by atoms with Gasteiger partial charge in [0.2, 0.25) is 5.95 Å². The quantitative estimate of drug-likeness (QED) is 0.685. The Balaban J connectivity index is 1.31. The molecule has 1 aromatic heterocycles. The number of benzene rings is 1. The lowest BCUT2D eigenvalue weighted by Crippen LogP contribution is -2.41. The predicted molar refractivity (Wildman–Crippen MR) is 126 cm³/mol. The molecule has 172 valence electrons. The van der Waals surface area contributed by atoms with Crippen LogP contribution in [0.3, 0.4) is 0 Å². The SMILES string of the molecule is CO[C@H](C)CN(C)c1ncc(C(=O)NCc2ccc3c(c2)CCN(C2CCC2)CC3)cn1. The summed E-state index contributed by atoms with van der Waals surface area (Å²) in [5.74, 6) is 0.419. The van der Waals surface area contributed by atoms with E-state index in [9.17, 15) is 4.79 Å². The van der Waals surface area contributed by atoms with Crippen molar-refractivity contribution in [2.24, 2.45) is 0 Å². The average molecular weight is 438 g/mol. The molecule has 1 aliphatic carbocycles. The molecule has 1 aliphatic heterocycles. The highest BCUT2D eigenvalue weighted by Gasteiger charge is 2.26. The standard InChI is InChI=1S/C25H35N5O2/c1-18(32-3)17-29(2)25-27-15-22(16-28-25)24(31)26-14-19-7-8-20-9-11-30(23-5-4-6-23)12-10-21(20)13-19/h7-8,13,15-16,18,23H,4-6,9-12,14,17H2,1-3H3,(H,26,31)/t18-/m1/s1. The number of amides is 1. The van der Waals surface area contributed by atoms with E-state index < -0.39 is 0 Å². The first-order valence-corrected chi connectivity index (χ1v) is 11.7. The zero-order valence-corrected chi connectivity index (χ0v) is 19.5. The largest absolute Gasteiger partial charge is 0.380 e. The molecule has 0 bridgehead atoms. The number of methoxy groups -OCH3 is 1. The normalized spacial score (nSPS) is 17.7. The third kappa shape index (κ3) is 5.45. The van der Waals surface area contributed by atoms with Crippen LogP contribution >= 0.6 is 0 Å². The number of likely N-dealkylation sites (N-methyl/N-ethyl adjacent to an activating group) is 1. The molecule has 0 unspecified atom stereocenters. The van der Waals surface area contributed by atoms with Gasteiger partial charge in [0.25, 0.3) is 5.91 Å². The van der Waals surface area contributed by atoms with Crippen LogP contribution in [0.4, 0.5) is 5.95 Å². The summed E-state index contributed by atoms with van der Waals surface area (Å²) < 4.78 is 5.28. The van der Waals surface area contributed by atoms with Crippen molar-refractivity contribution >= 4 is 11.9 Å². The van der Waals surface area contributed by atoms with Gasteiger partial charge in [-0.3, -0.25) is 9.69 Å². The Labute approximate surface area is 191 Å². The Hall–Kier alpha value is -2.51. The highest BCUT2D eigenvalue weighted by molar-refractivity contribution is 5.93. The summed E-state index contributed by atoms with van der Waals surface area (Å²) in [5, 5.41) is 3.01. The number of carbonyl (C=O) groups is 1. The second-order valence-corrected chi connectivity index (χ2v) is 9.11. The van der Waals surface area contributed by atoms with E-state index in [-0.39, 0.29) is 12.0 Å². The van der Waals surface area contributed by atoms with Gasteiger partial charge in [-0.1, -0.05) is 24.6 Å². The second-order valence-electron chi connectivity index (χ2n) is 9.11. The molecule has 0 radical (unpaired) electrons. The Bertz CT molecular complexity index is 913. The molecule has 32 heavy (non-hydrogen) atoms. The number of hydrogen-bond donors (Lipinski definition) is 1. The minimum Gasteiger partial charge on any atom is -0.380 e. The molecular weight excluding hydrogens is 402 g/mol. The lowest BCUT2D eigenvalue weighted by molar-refractivity contribution is 0.0950. The molecule has 0 saturated heterocycles. The van der Waals surface area contributed by atoms with E-state index in [1.807, 2.05) is 18.9 Å². The topological polar surface area (TPSA) is 70.6 Å². The molecule has 1 amide bonds. The third-order valence-electron chi connectivity index (χ3n) is 6.83. The Kier molecular flexibility index (Phi) is 7.37. The van der Waals surface area contributed by atoms with Gasteiger partial charge in [-0.05, 0) is 49.3 Å². The zero-order chi connectivity index (χ0) is 22.5. The molecule has 1 atom stereocenters. The van der Waals surface area contributed by atoms with Crippen LogP contribution in [0.25, 0.3) is 0 Å². The minimum atomic E-state index is -0.157. The van der Waals surface area contributed by atoms with E-state index >= 15 is 0 Å². The van der Waals surface area contributed by atoms with Gasteiger partial charge < -0.3 is 15.0 Å². The Morgan fingerprint density at radius 2 is 1.94 bits per heavy atom. The smallest absolute Gasteiger partial charge is 0.254 e. The van der Waals surface area contributed by atoms with Crippen molar-refractivity contribution in [2.75, 3.05) is 38.7 Å². The van der Waals surface area contributed by atoms with Crippen molar-refractivity contribution in [1.29, 1.82) is 0 Å². The second kappa shape index (κ2) is 10.4. The fraction of sp³-hybridized carbons (Fsp3) is 0.560. The van der Waals surface area contributed by atoms with Gasteiger partial charge >= 0.3 is 0 Å². The average Bonchev–Trinajstić information content (AvgIpc) is 2.98. The highest BCUT2D eigenvalue weighted by Crippen LogP contribution is 2.27. The maximum absolute atomic E-state index is 12.6. The number of ether oxygens (including phenoxy) is 1. The van der Waals surface area contributed by atoms with Gasteiger partial charge in [0.1, 0.15) is 0 Å². The number of hydrogen-bond acceptors (Lipinski definition) is 6. The maximum atomic E-state index is 12.6. The zero-order valence-electron chi connectivity index (χ0n) is 19.5. The predicted octanol–water partition coefficient (Wildman–Crippen LogP) is 2.83. The number of anilines is 1. The van der Waals surface area contributed by atoms with Gasteiger partial charge in [0.05, 0.1) is 11.7 Å². The van der Waals surface area contributed by atoms with Crippen molar-refractivity contribution < 1.29 is 9.53 Å². The van der Waals surface area contributed by atoms with Crippen molar-refractivity contribution in [3.8, 4) is 0 Å². The third-order valence-corrected chi connectivity index (χ3v) is 6.83. The van der Waals surface area contributed by atoms with Crippen LogP contribution < -0.4 is 10.2 Å². The summed E-state index contributed by atoms with van der Waals surface area (Å²) in [6, 6.07) is 7.46. The van der Waals surface area contributed by atoms with Gasteiger partial charge in [-0.2, -0.15) is 0 Å². The van der Waals surface area contributed by atoms with Crippen molar-refractivity contribution in [2.45, 2.75) is 57.7 Å². The van der Waals surface area contributed by atoms with Crippen molar-refractivity contribution in [1.82, 2.24) is 20.2 Å². The fourth-order valence-corrected chi connectivity index (χ4v) is 4.48. The molecule has 1 aromatic carbocycles. The van der Waals surface area contributed by atoms with Gasteiger partial charge in [-0.25, -0.2) is 9.97 Å². The molecule has 4 rings (SSSR count). The van der Waals surface area contributed by atoms with E-state index in [1.54, 1.807) is 19.5 Å². The maximum Gasteiger partial charge on any atom is 0.254 e. The van der Waals surface area contributed by atoms with Crippen LogP contribution in [0.2, 0.25) is 0 Å². The molecule has 7 nitrogen and oxygen atoms in total. The first-order chi connectivity index (χ1) is 15.5. The van der Waals surface area contributed by atoms with Crippen molar-refractivity contribution in [3.05, 3.63) is 52.8 Å². The van der Waals surface area contributed by atoms with Gasteiger partial charge in [0.15, 0.2) is 0 Å². The van der Waals surface area contributed by atoms with E-state index in [4.69, 9.17) is 4.74 Å². The van der Waals surface area contributed by atoms with Crippen LogP contribution in [-0.2, 0) is 24.1 Å². The summed E-state index contributed by atoms with van der Waals surface area (Å²) in [5.41, 5.74) is 4.49. The summed E-state index contributed by atoms with van der Waals surface area (Å²) in [4.78, 5) is 25.8. The first-order valence-electron chi connectivity index (χ1n) is 11.7. The van der Waals surface area contributed by atoms with Crippen LogP contribution in [0, 0.1) is 0 Å². The molecule has 1 saturated carbocycles. The Morgan fingerprint density at radius 3 is 2.59 bits per heavy atom. The number of aromatic nitrogens is 2. The summed E-state index contributed by atoms with van der Waals surface area (Å²) in [7, 11) is 3.59. The summed E-state index contributed by atoms with van der Waals surface area (Å²) in [6.45, 7) is 5.49. The molecule has 7 heteroatoms. The van der Waals surface area contributed by atoms with E-state index in [0.29, 0.717) is 24.6 Å². The molecule has 2 aliphatic rings. The van der Waals surface area contributed by atoms with Gasteiger partial charge in [-0.15, -0.1) is 0 Å². The molecule has 0 spiro atoms. The Morgan fingerprint density at radius 1 is 1.22 bits per heavy atom. The monoisotopic (exact) mass is 437 g/mol. The number of carbonyl (C=O) groups excluding carboxylic acids is 1. The molecule has 2 aromatic rings. The highest BCUT2D eigenvalue weighted by atomic mass is 16.5. The summed E-state index contributed by atoms with van der Waals surface area (Å²) in [6.07, 6.45) is 9.57. The van der Waals surface area contributed by atoms with E-state index in [0.717, 1.165) is 31.0 Å². The van der Waals surface area contributed by atoms with Crippen LogP contribution in [0.5, 0.6) is 0 Å². The molecular formula is C25H35N5O2. The van der Waals surface area contributed by atoms with Crippen LogP contribution in [0.1, 0.15) is 53.2 Å². The fourth-order valence-electron chi connectivity index (χ4n) is 4.48. The minimum absolute atomic E-state index is 0.0776. The van der Waals surface area contributed by atoms with Crippen LogP contribution in [0.15, 0.2) is 30.6 Å². The number of fused-ring (bicyclic) bond motifs is 1. The molecule has 1 N–H and O–H groups in total. The number of rotatable bonds is 8. The number of nitrogens with zero attached hydrogens (tertiary/aromatic N) is 4. The lowest BCUT2D eigenvalue weighted by Gasteiger charge is -2.36. The summed E-state index contributed by atoms with van der Waals surface area (Å²) >= 11 is 0. The van der Waals surface area contributed by atoms with Crippen LogP contribution in [-0.4, -0.2) is 66.7 Å². The van der Waals surface area contributed by atoms with Gasteiger partial charge in [0, 0.05) is 58.8 Å². The number of nitrogens with one attached hydrogen (secondary N) is 1. The molecule has 2 heterocycles. The van der Waals surface area contributed by atoms with E-state index in [1.165, 1.54) is 36.9 Å².